The Morgan fingerprint density at radius 3 is 2.15 bits per heavy atom. The first kappa shape index (κ1) is 22.8. The minimum atomic E-state index is -4.70. The highest BCUT2D eigenvalue weighted by atomic mass is 19.4. The zero-order valence-electron chi connectivity index (χ0n) is 15.6. The van der Waals surface area contributed by atoms with Gasteiger partial charge in [0.05, 0.1) is 18.5 Å². The zero-order valence-corrected chi connectivity index (χ0v) is 15.6. The van der Waals surface area contributed by atoms with Crippen LogP contribution >= 0.6 is 0 Å². The molecule has 27 heavy (non-hydrogen) atoms. The van der Waals surface area contributed by atoms with Crippen LogP contribution in [0.15, 0.2) is 30.3 Å². The molecule has 0 saturated heterocycles. The maximum absolute atomic E-state index is 12.8. The average Bonchev–Trinajstić information content (AvgIpc) is 2.51. The summed E-state index contributed by atoms with van der Waals surface area (Å²) in [7, 11) is 0. The number of ether oxygens (including phenoxy) is 1. The molecule has 9 heteroatoms. The Balaban J connectivity index is 2.83. The SMILES string of the molecule is C[C@H](NC(=O)C(O)C(CC(F)(F)F)NC(=O)OC(C)(C)C)c1ccccc1. The standard InChI is InChI=1S/C18H25F3N2O4/c1-11(12-8-6-5-7-9-12)22-15(25)14(24)13(10-18(19,20)21)23-16(26)27-17(2,3)4/h5-9,11,13-14,24H,10H2,1-4H3,(H,22,25)(H,23,26)/t11-,13?,14?/m0/s1. The third-order valence-electron chi connectivity index (χ3n) is 3.46. The number of rotatable bonds is 6. The highest BCUT2D eigenvalue weighted by Crippen LogP contribution is 2.24. The lowest BCUT2D eigenvalue weighted by atomic mass is 10.0. The van der Waals surface area contributed by atoms with E-state index in [0.29, 0.717) is 5.56 Å². The molecule has 0 saturated carbocycles. The third kappa shape index (κ3) is 8.76. The van der Waals surface area contributed by atoms with Crippen LogP contribution in [0.25, 0.3) is 0 Å². The summed E-state index contributed by atoms with van der Waals surface area (Å²) in [5.74, 6) is -1.03. The first-order valence-corrected chi connectivity index (χ1v) is 8.38. The fourth-order valence-corrected chi connectivity index (χ4v) is 2.26. The van der Waals surface area contributed by atoms with Gasteiger partial charge in [-0.3, -0.25) is 4.79 Å². The van der Waals surface area contributed by atoms with E-state index in [1.165, 1.54) is 20.8 Å². The van der Waals surface area contributed by atoms with Crippen molar-refractivity contribution in [3.05, 3.63) is 35.9 Å². The lowest BCUT2D eigenvalue weighted by Gasteiger charge is -2.27. The number of halogens is 3. The topological polar surface area (TPSA) is 87.7 Å². The normalized spacial score (nSPS) is 15.4. The van der Waals surface area contributed by atoms with E-state index >= 15 is 0 Å². The number of aliphatic hydroxyl groups excluding tert-OH is 1. The molecule has 0 bridgehead atoms. The van der Waals surface area contributed by atoms with Crippen LogP contribution in [0.5, 0.6) is 0 Å². The number of nitrogens with one attached hydrogen (secondary N) is 2. The molecule has 0 radical (unpaired) electrons. The van der Waals surface area contributed by atoms with E-state index in [4.69, 9.17) is 4.74 Å². The van der Waals surface area contributed by atoms with Gasteiger partial charge in [0, 0.05) is 0 Å². The number of carbonyl (C=O) groups is 2. The van der Waals surface area contributed by atoms with E-state index in [1.54, 1.807) is 37.3 Å². The van der Waals surface area contributed by atoms with Gasteiger partial charge in [0.15, 0.2) is 6.10 Å². The van der Waals surface area contributed by atoms with Crippen LogP contribution < -0.4 is 10.6 Å². The van der Waals surface area contributed by atoms with Gasteiger partial charge in [-0.15, -0.1) is 0 Å². The van der Waals surface area contributed by atoms with Gasteiger partial charge in [0.25, 0.3) is 5.91 Å². The molecule has 1 rings (SSSR count). The van der Waals surface area contributed by atoms with Gasteiger partial charge in [-0.2, -0.15) is 13.2 Å². The lowest BCUT2D eigenvalue weighted by molar-refractivity contribution is -0.151. The number of benzene rings is 1. The molecule has 0 fully saturated rings. The summed E-state index contributed by atoms with van der Waals surface area (Å²) in [5.41, 5.74) is -0.229. The molecular weight excluding hydrogens is 365 g/mol. The number of hydrogen-bond donors (Lipinski definition) is 3. The fourth-order valence-electron chi connectivity index (χ4n) is 2.26. The van der Waals surface area contributed by atoms with Crippen LogP contribution in [0.2, 0.25) is 0 Å². The van der Waals surface area contributed by atoms with Gasteiger partial charge >= 0.3 is 12.3 Å². The van der Waals surface area contributed by atoms with Crippen molar-refractivity contribution in [2.45, 2.75) is 64.1 Å². The monoisotopic (exact) mass is 390 g/mol. The highest BCUT2D eigenvalue weighted by molar-refractivity contribution is 5.82. The Morgan fingerprint density at radius 1 is 1.11 bits per heavy atom. The molecule has 152 valence electrons. The first-order valence-electron chi connectivity index (χ1n) is 8.38. The summed E-state index contributed by atoms with van der Waals surface area (Å²) in [4.78, 5) is 24.0. The maximum Gasteiger partial charge on any atom is 0.407 e. The van der Waals surface area contributed by atoms with Gasteiger partial charge in [0.1, 0.15) is 5.60 Å². The van der Waals surface area contributed by atoms with E-state index in [9.17, 15) is 27.9 Å². The van der Waals surface area contributed by atoms with Crippen LogP contribution in [0.4, 0.5) is 18.0 Å². The van der Waals surface area contributed by atoms with Crippen LogP contribution in [-0.2, 0) is 9.53 Å². The van der Waals surface area contributed by atoms with Gasteiger partial charge in [0.2, 0.25) is 0 Å². The van der Waals surface area contributed by atoms with E-state index < -0.39 is 48.4 Å². The van der Waals surface area contributed by atoms with Gasteiger partial charge in [-0.1, -0.05) is 30.3 Å². The van der Waals surface area contributed by atoms with Gasteiger partial charge in [-0.25, -0.2) is 4.79 Å². The molecule has 2 unspecified atom stereocenters. The fraction of sp³-hybridized carbons (Fsp3) is 0.556. The Morgan fingerprint density at radius 2 is 1.67 bits per heavy atom. The average molecular weight is 390 g/mol. The molecule has 1 aromatic carbocycles. The molecule has 0 aliphatic carbocycles. The lowest BCUT2D eigenvalue weighted by Crippen LogP contribution is -2.53. The van der Waals surface area contributed by atoms with Crippen molar-refractivity contribution in [3.8, 4) is 0 Å². The van der Waals surface area contributed by atoms with E-state index in [-0.39, 0.29) is 0 Å². The van der Waals surface area contributed by atoms with Crippen LogP contribution in [-0.4, -0.2) is 41.0 Å². The number of amides is 2. The Bertz CT molecular complexity index is 630. The van der Waals surface area contributed by atoms with Gasteiger partial charge in [-0.05, 0) is 33.3 Å². The summed E-state index contributed by atoms with van der Waals surface area (Å²) in [6, 6.07) is 6.28. The number of carbonyl (C=O) groups excluding carboxylic acids is 2. The largest absolute Gasteiger partial charge is 0.444 e. The Labute approximate surface area is 156 Å². The summed E-state index contributed by atoms with van der Waals surface area (Å²) < 4.78 is 43.3. The minimum absolute atomic E-state index is 0.540. The molecule has 2 amide bonds. The molecule has 0 aliphatic rings. The third-order valence-corrected chi connectivity index (χ3v) is 3.46. The molecule has 0 aromatic heterocycles. The predicted octanol–water partition coefficient (Wildman–Crippen LogP) is 3.07. The van der Waals surface area contributed by atoms with Crippen molar-refractivity contribution in [2.24, 2.45) is 0 Å². The number of aliphatic hydroxyl groups is 1. The second-order valence-corrected chi connectivity index (χ2v) is 7.16. The molecule has 1 aromatic rings. The number of hydrogen-bond acceptors (Lipinski definition) is 4. The minimum Gasteiger partial charge on any atom is -0.444 e. The predicted molar refractivity (Wildman–Crippen MR) is 92.8 cm³/mol. The molecule has 3 N–H and O–H groups in total. The highest BCUT2D eigenvalue weighted by Gasteiger charge is 2.39. The number of alkyl carbamates (subject to hydrolysis) is 1. The van der Waals surface area contributed by atoms with Crippen LogP contribution in [0.3, 0.4) is 0 Å². The van der Waals surface area contributed by atoms with Crippen LogP contribution in [0.1, 0.15) is 45.7 Å². The van der Waals surface area contributed by atoms with Crippen molar-refractivity contribution in [1.82, 2.24) is 10.6 Å². The summed E-state index contributed by atoms with van der Waals surface area (Å²) in [6.45, 7) is 6.24. The molecule has 0 aliphatic heterocycles. The van der Waals surface area contributed by atoms with Crippen LogP contribution in [0, 0.1) is 0 Å². The van der Waals surface area contributed by atoms with Crippen molar-refractivity contribution in [2.75, 3.05) is 0 Å². The van der Waals surface area contributed by atoms with Crippen molar-refractivity contribution < 1.29 is 32.6 Å². The summed E-state index contributed by atoms with van der Waals surface area (Å²) in [6.07, 6.45) is -9.54. The second-order valence-electron chi connectivity index (χ2n) is 7.16. The Kier molecular flexibility index (Phi) is 7.65. The zero-order chi connectivity index (χ0) is 20.8. The van der Waals surface area contributed by atoms with Crippen molar-refractivity contribution in [3.63, 3.8) is 0 Å². The molecular formula is C18H25F3N2O4. The van der Waals surface area contributed by atoms with Gasteiger partial charge < -0.3 is 20.5 Å². The first-order chi connectivity index (χ1) is 12.3. The van der Waals surface area contributed by atoms with E-state index in [0.717, 1.165) is 0 Å². The summed E-state index contributed by atoms with van der Waals surface area (Å²) in [5, 5.41) is 14.5. The molecule has 0 spiro atoms. The van der Waals surface area contributed by atoms with E-state index in [2.05, 4.69) is 5.32 Å². The number of alkyl halides is 3. The van der Waals surface area contributed by atoms with E-state index in [1.807, 2.05) is 5.32 Å². The Hall–Kier alpha value is -2.29. The summed E-state index contributed by atoms with van der Waals surface area (Å²) >= 11 is 0. The van der Waals surface area contributed by atoms with Crippen molar-refractivity contribution >= 4 is 12.0 Å². The molecule has 3 atom stereocenters. The quantitative estimate of drug-likeness (QED) is 0.697. The molecule has 0 heterocycles. The van der Waals surface area contributed by atoms with Crippen molar-refractivity contribution in [1.29, 1.82) is 0 Å². The maximum atomic E-state index is 12.8. The second kappa shape index (κ2) is 9.07. The molecule has 6 nitrogen and oxygen atoms in total. The smallest absolute Gasteiger partial charge is 0.407 e.